The second-order valence-corrected chi connectivity index (χ2v) is 7.13. The summed E-state index contributed by atoms with van der Waals surface area (Å²) in [5.74, 6) is -0.325. The quantitative estimate of drug-likeness (QED) is 0.695. The van der Waals surface area contributed by atoms with Crippen LogP contribution in [0.2, 0.25) is 0 Å². The van der Waals surface area contributed by atoms with E-state index in [0.29, 0.717) is 6.42 Å². The summed E-state index contributed by atoms with van der Waals surface area (Å²) >= 11 is 5.73. The van der Waals surface area contributed by atoms with Crippen LogP contribution in [0.4, 0.5) is 0 Å². The Kier molecular flexibility index (Phi) is 7.85. The van der Waals surface area contributed by atoms with Crippen LogP contribution in [0.5, 0.6) is 0 Å². The number of nitrogens with one attached hydrogen (secondary N) is 1. The van der Waals surface area contributed by atoms with E-state index < -0.39 is 22.7 Å². The third-order valence-corrected chi connectivity index (χ3v) is 5.33. The molecule has 2 atom stereocenters. The minimum absolute atomic E-state index is 0.00275. The van der Waals surface area contributed by atoms with Gasteiger partial charge in [0.1, 0.15) is 4.91 Å². The minimum atomic E-state index is -1.57. The lowest BCUT2D eigenvalue weighted by Crippen LogP contribution is -2.40. The van der Waals surface area contributed by atoms with E-state index in [4.69, 9.17) is 11.6 Å². The van der Waals surface area contributed by atoms with Gasteiger partial charge >= 0.3 is 0 Å². The normalized spacial score (nSPS) is 13.9. The molecule has 0 aliphatic rings. The zero-order valence-electron chi connectivity index (χ0n) is 13.6. The van der Waals surface area contributed by atoms with Crippen molar-refractivity contribution in [2.24, 2.45) is 0 Å². The van der Waals surface area contributed by atoms with Gasteiger partial charge in [-0.2, -0.15) is 0 Å². The fraction of sp³-hybridized carbons (Fsp3) is 0.211. The van der Waals surface area contributed by atoms with Crippen LogP contribution in [0.3, 0.4) is 0 Å². The zero-order valence-corrected chi connectivity index (χ0v) is 15.2. The summed E-state index contributed by atoms with van der Waals surface area (Å²) in [4.78, 5) is 12.4. The van der Waals surface area contributed by atoms with Crippen LogP contribution in [0.25, 0.3) is 0 Å². The summed E-state index contributed by atoms with van der Waals surface area (Å²) in [7, 11) is -1.57. The number of amides is 1. The van der Waals surface area contributed by atoms with Gasteiger partial charge < -0.3 is 10.4 Å². The van der Waals surface area contributed by atoms with Crippen molar-refractivity contribution in [3.63, 3.8) is 0 Å². The van der Waals surface area contributed by atoms with Crippen molar-refractivity contribution >= 4 is 28.3 Å². The van der Waals surface area contributed by atoms with E-state index in [1.165, 1.54) is 0 Å². The molecule has 0 heterocycles. The fourth-order valence-electron chi connectivity index (χ4n) is 2.32. The molecule has 2 N–H and O–H groups in total. The van der Waals surface area contributed by atoms with E-state index in [0.717, 1.165) is 16.7 Å². The highest BCUT2D eigenvalue weighted by Crippen LogP contribution is 2.12. The first-order valence-electron chi connectivity index (χ1n) is 7.82. The molecule has 0 radical (unpaired) electrons. The molecule has 0 aliphatic heterocycles. The van der Waals surface area contributed by atoms with Crippen LogP contribution in [-0.2, 0) is 27.8 Å². The van der Waals surface area contributed by atoms with Gasteiger partial charge in [-0.3, -0.25) is 9.00 Å². The van der Waals surface area contributed by atoms with Gasteiger partial charge in [0.15, 0.2) is 0 Å². The van der Waals surface area contributed by atoms with Crippen LogP contribution < -0.4 is 5.32 Å². The van der Waals surface area contributed by atoms with Crippen LogP contribution >= 0.6 is 11.6 Å². The first-order chi connectivity index (χ1) is 12.1. The van der Waals surface area contributed by atoms with E-state index >= 15 is 0 Å². The molecule has 2 aromatic rings. The van der Waals surface area contributed by atoms with Crippen LogP contribution in [-0.4, -0.2) is 27.9 Å². The molecule has 1 unspecified atom stereocenters. The maximum Gasteiger partial charge on any atom is 0.261 e. The molecule has 25 heavy (non-hydrogen) atoms. The molecule has 4 nitrogen and oxygen atoms in total. The van der Waals surface area contributed by atoms with Crippen molar-refractivity contribution in [1.82, 2.24) is 5.32 Å². The molecule has 0 saturated carbocycles. The summed E-state index contributed by atoms with van der Waals surface area (Å²) in [5, 5.41) is 12.2. The molecule has 0 bridgehead atoms. The molecule has 0 saturated heterocycles. The number of hydrogen-bond acceptors (Lipinski definition) is 3. The van der Waals surface area contributed by atoms with Crippen LogP contribution in [0.1, 0.15) is 11.1 Å². The smallest absolute Gasteiger partial charge is 0.261 e. The SMILES string of the molecule is O=C(N[C@H](CO)Cc1ccccc1)/C(=C/Cl)S(=O)Cc1ccccc1. The zero-order chi connectivity index (χ0) is 18.1. The standard InChI is InChI=1S/C19H20ClNO3S/c20-12-18(25(24)14-16-9-5-2-6-10-16)19(23)21-17(13-22)11-15-7-3-1-4-8-15/h1-10,12,17,22H,11,13-14H2,(H,21,23)/b18-12-/t17-,25?/m0/s1. The second kappa shape index (κ2) is 10.1. The van der Waals surface area contributed by atoms with Crippen molar-refractivity contribution in [3.05, 3.63) is 82.2 Å². The molecule has 2 rings (SSSR count). The lowest BCUT2D eigenvalue weighted by molar-refractivity contribution is -0.117. The van der Waals surface area contributed by atoms with Crippen molar-refractivity contribution < 1.29 is 14.1 Å². The third-order valence-electron chi connectivity index (χ3n) is 3.59. The Balaban J connectivity index is 1.99. The number of hydrogen-bond donors (Lipinski definition) is 2. The molecule has 0 aromatic heterocycles. The number of aliphatic hydroxyl groups is 1. The number of carbonyl (C=O) groups is 1. The topological polar surface area (TPSA) is 66.4 Å². The molecule has 0 fully saturated rings. The van der Waals surface area contributed by atoms with Gasteiger partial charge in [-0.1, -0.05) is 72.3 Å². The van der Waals surface area contributed by atoms with E-state index in [-0.39, 0.29) is 17.3 Å². The number of carbonyl (C=O) groups excluding carboxylic acids is 1. The molecule has 0 spiro atoms. The molecular formula is C19H20ClNO3S. The lowest BCUT2D eigenvalue weighted by Gasteiger charge is -2.17. The van der Waals surface area contributed by atoms with Gasteiger partial charge in [0, 0.05) is 5.54 Å². The predicted molar refractivity (Wildman–Crippen MR) is 101 cm³/mol. The molecule has 0 aliphatic carbocycles. The van der Waals surface area contributed by atoms with E-state index in [9.17, 15) is 14.1 Å². The minimum Gasteiger partial charge on any atom is -0.394 e. The first-order valence-corrected chi connectivity index (χ1v) is 9.58. The molecule has 1 amide bonds. The number of benzene rings is 2. The second-order valence-electron chi connectivity index (χ2n) is 5.49. The number of halogens is 1. The maximum absolute atomic E-state index is 12.4. The Hall–Kier alpha value is -1.95. The summed E-state index contributed by atoms with van der Waals surface area (Å²) in [6.07, 6.45) is 0.476. The highest BCUT2D eigenvalue weighted by molar-refractivity contribution is 7.89. The van der Waals surface area contributed by atoms with Gasteiger partial charge in [-0.05, 0) is 17.5 Å². The van der Waals surface area contributed by atoms with Crippen molar-refractivity contribution in [2.75, 3.05) is 6.61 Å². The van der Waals surface area contributed by atoms with E-state index in [1.807, 2.05) is 60.7 Å². The highest BCUT2D eigenvalue weighted by Gasteiger charge is 2.20. The van der Waals surface area contributed by atoms with Crippen LogP contribution in [0.15, 0.2) is 71.1 Å². The summed E-state index contributed by atoms with van der Waals surface area (Å²) < 4.78 is 12.4. The van der Waals surface area contributed by atoms with Gasteiger partial charge in [0.25, 0.3) is 5.91 Å². The fourth-order valence-corrected chi connectivity index (χ4v) is 3.74. The number of rotatable bonds is 8. The van der Waals surface area contributed by atoms with Gasteiger partial charge in [-0.25, -0.2) is 0 Å². The maximum atomic E-state index is 12.4. The van der Waals surface area contributed by atoms with Crippen molar-refractivity contribution in [3.8, 4) is 0 Å². The average Bonchev–Trinajstić information content (AvgIpc) is 2.63. The summed E-state index contributed by atoms with van der Waals surface area (Å²) in [5.41, 5.74) is 2.89. The van der Waals surface area contributed by atoms with Gasteiger partial charge in [0.2, 0.25) is 0 Å². The van der Waals surface area contributed by atoms with Crippen molar-refractivity contribution in [2.45, 2.75) is 18.2 Å². The lowest BCUT2D eigenvalue weighted by atomic mass is 10.1. The Labute approximate surface area is 155 Å². The largest absolute Gasteiger partial charge is 0.394 e. The predicted octanol–water partition coefficient (Wildman–Crippen LogP) is 2.74. The molecular weight excluding hydrogens is 358 g/mol. The Morgan fingerprint density at radius 2 is 1.64 bits per heavy atom. The molecule has 132 valence electrons. The monoisotopic (exact) mass is 377 g/mol. The third kappa shape index (κ3) is 6.12. The summed E-state index contributed by atoms with van der Waals surface area (Å²) in [6, 6.07) is 18.3. The van der Waals surface area contributed by atoms with Crippen LogP contribution in [0, 0.1) is 0 Å². The average molecular weight is 378 g/mol. The van der Waals surface area contributed by atoms with E-state index in [2.05, 4.69) is 5.32 Å². The molecule has 6 heteroatoms. The Bertz CT molecular complexity index is 735. The molecule has 2 aromatic carbocycles. The Morgan fingerprint density at radius 1 is 1.08 bits per heavy atom. The Morgan fingerprint density at radius 3 is 2.16 bits per heavy atom. The van der Waals surface area contributed by atoms with Gasteiger partial charge in [-0.15, -0.1) is 0 Å². The number of aliphatic hydroxyl groups excluding tert-OH is 1. The van der Waals surface area contributed by atoms with Gasteiger partial charge in [0.05, 0.1) is 29.2 Å². The summed E-state index contributed by atoms with van der Waals surface area (Å²) in [6.45, 7) is -0.221. The highest BCUT2D eigenvalue weighted by atomic mass is 35.5. The van der Waals surface area contributed by atoms with E-state index in [1.54, 1.807) is 0 Å². The first kappa shape index (κ1) is 19.4. The van der Waals surface area contributed by atoms with Crippen molar-refractivity contribution in [1.29, 1.82) is 0 Å².